The fourth-order valence-electron chi connectivity index (χ4n) is 11.3. The highest BCUT2D eigenvalue weighted by Gasteiger charge is 2.46. The topological polar surface area (TPSA) is 152 Å². The quantitative estimate of drug-likeness (QED) is 0.0641. The van der Waals surface area contributed by atoms with E-state index in [2.05, 4.69) is 37.0 Å². The van der Waals surface area contributed by atoms with Crippen LogP contribution in [0.3, 0.4) is 0 Å². The van der Waals surface area contributed by atoms with Gasteiger partial charge in [-0.25, -0.2) is 19.3 Å². The second kappa shape index (κ2) is 26.8. The van der Waals surface area contributed by atoms with Gasteiger partial charge in [0, 0.05) is 114 Å². The number of aliphatic hydroxyl groups excluding tert-OH is 1. The van der Waals surface area contributed by atoms with E-state index >= 15 is 0 Å². The number of urea groups is 1. The molecule has 22 heteroatoms. The summed E-state index contributed by atoms with van der Waals surface area (Å²) in [4.78, 5) is 57.6. The van der Waals surface area contributed by atoms with Crippen molar-refractivity contribution in [3.05, 3.63) is 147 Å². The molecule has 0 radical (unpaired) electrons. The maximum atomic E-state index is 14.7. The predicted octanol–water partition coefficient (Wildman–Crippen LogP) is 8.75. The Hall–Kier alpha value is -7.18. The number of nitrogens with one attached hydrogen (secondary N) is 1. The number of anilines is 3. The number of allylic oxidation sites excluding steroid dienone is 2. The van der Waals surface area contributed by atoms with Crippen LogP contribution in [0, 0.1) is 23.5 Å². The number of alkyl halides is 6. The third kappa shape index (κ3) is 14.0. The molecular formula is C60H70F6N10O6. The minimum absolute atomic E-state index is 0.0118. The Morgan fingerprint density at radius 3 is 1.65 bits per heavy atom. The van der Waals surface area contributed by atoms with Gasteiger partial charge in [0.05, 0.1) is 53.3 Å². The van der Waals surface area contributed by atoms with Crippen LogP contribution < -0.4 is 15.1 Å². The summed E-state index contributed by atoms with van der Waals surface area (Å²) in [5.74, 6) is -1.36. The van der Waals surface area contributed by atoms with Crippen LogP contribution in [-0.4, -0.2) is 171 Å². The van der Waals surface area contributed by atoms with Crippen LogP contribution in [0.15, 0.2) is 107 Å². The van der Waals surface area contributed by atoms with Gasteiger partial charge in [-0.05, 0) is 120 Å². The normalized spacial score (nSPS) is 20.3. The number of piperazine rings is 2. The minimum atomic E-state index is -4.66. The molecule has 0 aromatic heterocycles. The number of benzene rings is 3. The van der Waals surface area contributed by atoms with E-state index in [9.17, 15) is 51.1 Å². The number of aliphatic hydroxyl groups is 1. The number of nitrogens with zero attached hydrogens (tertiary/aromatic N) is 9. The zero-order valence-electron chi connectivity index (χ0n) is 46.8. The summed E-state index contributed by atoms with van der Waals surface area (Å²) < 4.78 is 94.8. The first-order chi connectivity index (χ1) is 39.3. The SMILES string of the molecule is CCOC(=O)C1=C(C)N(c2cccc(C(F)(F)F)c2)C(=O)N(CCCN2CCN(CCN3CCN(CCCN4C(O)N(c5cccc(C(F)(F)F)c5)C(C)=C(C(=O)OCC)[C@H]4c4c#cc(C#N)cc4)CC3)CC2)[C@@H]1c1ccc(NC)cc1. The van der Waals surface area contributed by atoms with Gasteiger partial charge in [0.2, 0.25) is 0 Å². The molecule has 0 aliphatic carbocycles. The monoisotopic (exact) mass is 1140 g/mol. The van der Waals surface area contributed by atoms with Gasteiger partial charge in [-0.3, -0.25) is 14.7 Å². The van der Waals surface area contributed by atoms with E-state index in [1.54, 1.807) is 50.6 Å². The molecule has 4 aliphatic rings. The van der Waals surface area contributed by atoms with Crippen LogP contribution in [0.4, 0.5) is 48.2 Å². The lowest BCUT2D eigenvalue weighted by Crippen LogP contribution is -2.55. The van der Waals surface area contributed by atoms with Crippen molar-refractivity contribution < 1.29 is 55.3 Å². The number of nitriles is 1. The third-order valence-electron chi connectivity index (χ3n) is 15.6. The molecule has 8 rings (SSSR count). The fourth-order valence-corrected chi connectivity index (χ4v) is 11.3. The van der Waals surface area contributed by atoms with E-state index in [4.69, 9.17) is 9.47 Å². The molecule has 16 nitrogen and oxygen atoms in total. The molecule has 3 atom stereocenters. The summed E-state index contributed by atoms with van der Waals surface area (Å²) in [5.41, 5.74) is 1.01. The lowest BCUT2D eigenvalue weighted by molar-refractivity contribution is -0.141. The number of rotatable bonds is 20. The van der Waals surface area contributed by atoms with Crippen LogP contribution in [0.5, 0.6) is 0 Å². The Balaban J connectivity index is 0.857. The second-order valence-electron chi connectivity index (χ2n) is 20.6. The molecule has 0 spiro atoms. The lowest BCUT2D eigenvalue weighted by Gasteiger charge is -2.47. The number of halogens is 6. The molecule has 4 aromatic carbocycles. The minimum Gasteiger partial charge on any atom is -0.463 e. The molecule has 1 unspecified atom stereocenters. The molecule has 2 amide bonds. The first-order valence-corrected chi connectivity index (χ1v) is 27.7. The lowest BCUT2D eigenvalue weighted by atomic mass is 9.92. The van der Waals surface area contributed by atoms with Gasteiger partial charge in [-0.2, -0.15) is 31.6 Å². The van der Waals surface area contributed by atoms with Gasteiger partial charge >= 0.3 is 30.3 Å². The largest absolute Gasteiger partial charge is 0.463 e. The number of carbonyl (C=O) groups excluding carboxylic acids is 3. The van der Waals surface area contributed by atoms with Crippen LogP contribution in [0.25, 0.3) is 0 Å². The van der Waals surface area contributed by atoms with Gasteiger partial charge in [0.15, 0.2) is 6.35 Å². The van der Waals surface area contributed by atoms with E-state index in [0.29, 0.717) is 37.1 Å². The number of amides is 2. The van der Waals surface area contributed by atoms with Crippen molar-refractivity contribution in [3.8, 4) is 6.07 Å². The van der Waals surface area contributed by atoms with E-state index in [1.165, 1.54) is 40.1 Å². The fraction of sp³-hybridized carbons (Fsp3) is 0.467. The maximum absolute atomic E-state index is 14.7. The zero-order chi connectivity index (χ0) is 58.9. The Labute approximate surface area is 475 Å². The molecule has 2 N–H and O–H groups in total. The van der Waals surface area contributed by atoms with Crippen molar-refractivity contribution in [1.82, 2.24) is 29.4 Å². The number of carbonyl (C=O) groups is 3. The van der Waals surface area contributed by atoms with Crippen molar-refractivity contribution >= 4 is 35.0 Å². The van der Waals surface area contributed by atoms with Gasteiger partial charge < -0.3 is 39.5 Å². The smallest absolute Gasteiger partial charge is 0.416 e. The van der Waals surface area contributed by atoms with Crippen molar-refractivity contribution in [2.45, 2.75) is 71.3 Å². The zero-order valence-corrected chi connectivity index (χ0v) is 46.8. The van der Waals surface area contributed by atoms with Crippen molar-refractivity contribution in [2.24, 2.45) is 0 Å². The molecule has 4 aromatic rings. The van der Waals surface area contributed by atoms with E-state index in [1.807, 2.05) is 30.3 Å². The summed E-state index contributed by atoms with van der Waals surface area (Å²) >= 11 is 0. The molecular weight excluding hydrogens is 1070 g/mol. The highest BCUT2D eigenvalue weighted by molar-refractivity contribution is 6.03. The number of hydrogen-bond acceptors (Lipinski definition) is 14. The van der Waals surface area contributed by atoms with Crippen LogP contribution >= 0.6 is 0 Å². The molecule has 438 valence electrons. The number of hydrogen-bond donors (Lipinski definition) is 2. The first kappa shape index (κ1) is 60.9. The maximum Gasteiger partial charge on any atom is 0.416 e. The van der Waals surface area contributed by atoms with Crippen LogP contribution in [0.1, 0.15) is 80.4 Å². The van der Waals surface area contributed by atoms with Crippen molar-refractivity contribution in [1.29, 1.82) is 5.26 Å². The average molecular weight is 1140 g/mol. The molecule has 82 heavy (non-hydrogen) atoms. The third-order valence-corrected chi connectivity index (χ3v) is 15.6. The highest BCUT2D eigenvalue weighted by atomic mass is 19.4. The Morgan fingerprint density at radius 1 is 0.659 bits per heavy atom. The molecule has 2 saturated heterocycles. The number of ether oxygens (including phenoxy) is 2. The summed E-state index contributed by atoms with van der Waals surface area (Å²) in [6.45, 7) is 16.5. The van der Waals surface area contributed by atoms with E-state index in [0.717, 1.165) is 95.4 Å². The molecule has 4 aliphatic heterocycles. The summed E-state index contributed by atoms with van der Waals surface area (Å²) in [6.07, 6.45) is -9.74. The molecule has 0 saturated carbocycles. The summed E-state index contributed by atoms with van der Waals surface area (Å²) in [5, 5.41) is 24.7. The van der Waals surface area contributed by atoms with Crippen molar-refractivity contribution in [2.75, 3.05) is 127 Å². The molecule has 2 fully saturated rings. The summed E-state index contributed by atoms with van der Waals surface area (Å²) in [6, 6.07) is 25.1. The van der Waals surface area contributed by atoms with Gasteiger partial charge in [-0.15, -0.1) is 0 Å². The highest BCUT2D eigenvalue weighted by Crippen LogP contribution is 2.44. The van der Waals surface area contributed by atoms with Crippen LogP contribution in [-0.2, 0) is 31.4 Å². The second-order valence-corrected chi connectivity index (χ2v) is 20.6. The predicted molar refractivity (Wildman–Crippen MR) is 297 cm³/mol. The Bertz CT molecular complexity index is 2970. The summed E-state index contributed by atoms with van der Waals surface area (Å²) in [7, 11) is 1.78. The van der Waals surface area contributed by atoms with Gasteiger partial charge in [-0.1, -0.05) is 36.4 Å². The van der Waals surface area contributed by atoms with Crippen LogP contribution in [0.2, 0.25) is 0 Å². The van der Waals surface area contributed by atoms with Gasteiger partial charge in [0.25, 0.3) is 0 Å². The number of esters is 2. The Kier molecular flexibility index (Phi) is 19.9. The molecule has 4 heterocycles. The standard InChI is InChI=1S/C60H70F6N10O6/c1-6-81-55(77)51-41(3)75(49-14-8-12-46(38-49)59(61,62)63)57(79)73(53(51)44-18-16-43(40-67)17-19-44)26-10-24-69-28-32-71(33-29-69)36-37-72-34-30-70(31-35-72)25-11-27-74-54(45-20-22-48(68-5)23-21-45)52(56(78)82-7-2)42(4)76(58(74)80)50-15-9-13-47(39-50)60(64,65)66/h8-9,12-16,18,20-23,38-39,53-54,57,68,79H,6-7,10-11,24-37H2,1-5H3/t53-,54-,57?/m1/s1. The van der Waals surface area contributed by atoms with Gasteiger partial charge in [0.1, 0.15) is 11.6 Å². The Morgan fingerprint density at radius 2 is 1.16 bits per heavy atom. The molecule has 0 bridgehead atoms. The average Bonchev–Trinajstić information content (AvgIpc) is 3.66. The van der Waals surface area contributed by atoms with E-state index in [-0.39, 0.29) is 65.8 Å². The first-order valence-electron chi connectivity index (χ1n) is 27.7. The van der Waals surface area contributed by atoms with E-state index < -0.39 is 59.9 Å². The van der Waals surface area contributed by atoms with Crippen molar-refractivity contribution in [3.63, 3.8) is 0 Å².